The lowest BCUT2D eigenvalue weighted by Gasteiger charge is -2.10. The van der Waals surface area contributed by atoms with Gasteiger partial charge in [-0.25, -0.2) is 13.2 Å². The molecule has 0 radical (unpaired) electrons. The van der Waals surface area contributed by atoms with Gasteiger partial charge in [-0.3, -0.25) is 0 Å². The summed E-state index contributed by atoms with van der Waals surface area (Å²) in [7, 11) is 0. The van der Waals surface area contributed by atoms with E-state index in [0.29, 0.717) is 29.2 Å². The van der Waals surface area contributed by atoms with E-state index in [9.17, 15) is 13.2 Å². The van der Waals surface area contributed by atoms with Gasteiger partial charge in [0.1, 0.15) is 23.9 Å². The fourth-order valence-corrected chi connectivity index (χ4v) is 2.90. The maximum atomic E-state index is 14.3. The Labute approximate surface area is 168 Å². The highest BCUT2D eigenvalue weighted by Crippen LogP contribution is 2.28. The molecule has 0 spiro atoms. The van der Waals surface area contributed by atoms with E-state index in [1.807, 2.05) is 6.92 Å². The summed E-state index contributed by atoms with van der Waals surface area (Å²) in [5, 5.41) is 0. The second-order valence-electron chi connectivity index (χ2n) is 6.33. The van der Waals surface area contributed by atoms with Crippen molar-refractivity contribution in [3.8, 4) is 22.6 Å². The molecule has 150 valence electrons. The average Bonchev–Trinajstić information content (AvgIpc) is 2.72. The minimum absolute atomic E-state index is 0.115. The van der Waals surface area contributed by atoms with Crippen molar-refractivity contribution >= 4 is 6.08 Å². The molecule has 0 saturated carbocycles. The van der Waals surface area contributed by atoms with Crippen molar-refractivity contribution in [3.63, 3.8) is 0 Å². The molecule has 0 aliphatic rings. The van der Waals surface area contributed by atoms with Gasteiger partial charge in [0, 0.05) is 22.8 Å². The van der Waals surface area contributed by atoms with Gasteiger partial charge in [0.15, 0.2) is 11.6 Å². The predicted molar refractivity (Wildman–Crippen MR) is 108 cm³/mol. The van der Waals surface area contributed by atoms with Crippen LogP contribution in [-0.4, -0.2) is 6.61 Å². The normalized spacial score (nSPS) is 11.1. The fraction of sp³-hybridized carbons (Fsp3) is 0.167. The molecule has 0 N–H and O–H groups in total. The third-order valence-electron chi connectivity index (χ3n) is 4.35. The third-order valence-corrected chi connectivity index (χ3v) is 4.35. The second kappa shape index (κ2) is 9.32. The van der Waals surface area contributed by atoms with Gasteiger partial charge in [0.25, 0.3) is 0 Å². The van der Waals surface area contributed by atoms with Gasteiger partial charge in [0.2, 0.25) is 0 Å². The van der Waals surface area contributed by atoms with Gasteiger partial charge >= 0.3 is 0 Å². The molecule has 0 unspecified atom stereocenters. The van der Waals surface area contributed by atoms with Gasteiger partial charge in [-0.1, -0.05) is 36.4 Å². The molecule has 3 aromatic carbocycles. The molecule has 3 aromatic rings. The number of hydrogen-bond donors (Lipinski definition) is 0. The SMILES string of the molecule is CC=Cc1ccc(COc2ccc(-c3ccc(OCC)cc3F)cc2)c(F)c1F. The molecule has 5 heteroatoms. The Morgan fingerprint density at radius 1 is 0.828 bits per heavy atom. The highest BCUT2D eigenvalue weighted by atomic mass is 19.2. The zero-order valence-electron chi connectivity index (χ0n) is 16.2. The lowest BCUT2D eigenvalue weighted by molar-refractivity contribution is 0.297. The van der Waals surface area contributed by atoms with Gasteiger partial charge < -0.3 is 9.47 Å². The van der Waals surface area contributed by atoms with Crippen LogP contribution in [0.15, 0.2) is 60.7 Å². The molecule has 0 amide bonds. The zero-order valence-corrected chi connectivity index (χ0v) is 16.2. The van der Waals surface area contributed by atoms with Crippen LogP contribution in [0.25, 0.3) is 17.2 Å². The molecular formula is C24H21F3O2. The first-order valence-electron chi connectivity index (χ1n) is 9.28. The van der Waals surface area contributed by atoms with E-state index in [1.165, 1.54) is 24.3 Å². The Hall–Kier alpha value is -3.21. The summed E-state index contributed by atoms with van der Waals surface area (Å²) in [6.07, 6.45) is 3.14. The summed E-state index contributed by atoms with van der Waals surface area (Å²) in [5.74, 6) is -1.26. The van der Waals surface area contributed by atoms with Crippen molar-refractivity contribution in [1.29, 1.82) is 0 Å². The number of rotatable bonds is 7. The smallest absolute Gasteiger partial charge is 0.166 e. The van der Waals surface area contributed by atoms with Crippen LogP contribution < -0.4 is 9.47 Å². The monoisotopic (exact) mass is 398 g/mol. The van der Waals surface area contributed by atoms with Crippen LogP contribution in [-0.2, 0) is 6.61 Å². The van der Waals surface area contributed by atoms with Crippen molar-refractivity contribution in [2.75, 3.05) is 6.61 Å². The van der Waals surface area contributed by atoms with E-state index in [4.69, 9.17) is 9.47 Å². The predicted octanol–water partition coefficient (Wildman–Crippen LogP) is 6.78. The minimum Gasteiger partial charge on any atom is -0.494 e. The lowest BCUT2D eigenvalue weighted by atomic mass is 10.0. The first kappa shape index (κ1) is 20.5. The van der Waals surface area contributed by atoms with E-state index in [2.05, 4.69) is 0 Å². The summed E-state index contributed by atoms with van der Waals surface area (Å²) in [4.78, 5) is 0. The molecule has 2 nitrogen and oxygen atoms in total. The van der Waals surface area contributed by atoms with Crippen LogP contribution in [0.4, 0.5) is 13.2 Å². The average molecular weight is 398 g/mol. The number of hydrogen-bond acceptors (Lipinski definition) is 2. The van der Waals surface area contributed by atoms with Crippen molar-refractivity contribution in [1.82, 2.24) is 0 Å². The molecule has 0 heterocycles. The Balaban J connectivity index is 1.71. The summed E-state index contributed by atoms with van der Waals surface area (Å²) in [6.45, 7) is 3.92. The van der Waals surface area contributed by atoms with Crippen LogP contribution in [0.3, 0.4) is 0 Å². The summed E-state index contributed by atoms with van der Waals surface area (Å²) in [5.41, 5.74) is 1.42. The Kier molecular flexibility index (Phi) is 6.60. The summed E-state index contributed by atoms with van der Waals surface area (Å²) < 4.78 is 53.3. The van der Waals surface area contributed by atoms with Crippen LogP contribution >= 0.6 is 0 Å². The van der Waals surface area contributed by atoms with Crippen molar-refractivity contribution in [2.24, 2.45) is 0 Å². The largest absolute Gasteiger partial charge is 0.494 e. The molecule has 0 bridgehead atoms. The molecule has 3 rings (SSSR count). The number of ether oxygens (including phenoxy) is 2. The summed E-state index contributed by atoms with van der Waals surface area (Å²) >= 11 is 0. The summed E-state index contributed by atoms with van der Waals surface area (Å²) in [6, 6.07) is 14.5. The lowest BCUT2D eigenvalue weighted by Crippen LogP contribution is -2.02. The third kappa shape index (κ3) is 4.80. The van der Waals surface area contributed by atoms with Gasteiger partial charge in [0.05, 0.1) is 6.61 Å². The maximum absolute atomic E-state index is 14.3. The molecule has 0 aromatic heterocycles. The van der Waals surface area contributed by atoms with Crippen molar-refractivity contribution < 1.29 is 22.6 Å². The van der Waals surface area contributed by atoms with E-state index >= 15 is 0 Å². The van der Waals surface area contributed by atoms with Gasteiger partial charge in [-0.2, -0.15) is 0 Å². The van der Waals surface area contributed by atoms with E-state index in [0.717, 1.165) is 0 Å². The zero-order chi connectivity index (χ0) is 20.8. The fourth-order valence-electron chi connectivity index (χ4n) is 2.90. The molecule has 0 atom stereocenters. The Bertz CT molecular complexity index is 1010. The van der Waals surface area contributed by atoms with E-state index in [-0.39, 0.29) is 23.6 Å². The van der Waals surface area contributed by atoms with Crippen LogP contribution in [0.1, 0.15) is 25.0 Å². The quantitative estimate of drug-likeness (QED) is 0.437. The number of halogens is 3. The van der Waals surface area contributed by atoms with Crippen LogP contribution in [0.2, 0.25) is 0 Å². The van der Waals surface area contributed by atoms with Crippen LogP contribution in [0.5, 0.6) is 11.5 Å². The molecule has 0 aliphatic heterocycles. The molecular weight excluding hydrogens is 377 g/mol. The number of benzene rings is 3. The van der Waals surface area contributed by atoms with Crippen molar-refractivity contribution in [3.05, 3.63) is 89.3 Å². The van der Waals surface area contributed by atoms with E-state index < -0.39 is 11.6 Å². The van der Waals surface area contributed by atoms with Crippen molar-refractivity contribution in [2.45, 2.75) is 20.5 Å². The van der Waals surface area contributed by atoms with E-state index in [1.54, 1.807) is 49.4 Å². The Morgan fingerprint density at radius 3 is 2.21 bits per heavy atom. The maximum Gasteiger partial charge on any atom is 0.166 e. The highest BCUT2D eigenvalue weighted by molar-refractivity contribution is 5.65. The highest BCUT2D eigenvalue weighted by Gasteiger charge is 2.13. The number of allylic oxidation sites excluding steroid dienone is 1. The topological polar surface area (TPSA) is 18.5 Å². The second-order valence-corrected chi connectivity index (χ2v) is 6.33. The Morgan fingerprint density at radius 2 is 1.55 bits per heavy atom. The molecule has 0 saturated heterocycles. The van der Waals surface area contributed by atoms with Gasteiger partial charge in [-0.05, 0) is 43.7 Å². The van der Waals surface area contributed by atoms with Crippen LogP contribution in [0, 0.1) is 17.5 Å². The minimum atomic E-state index is -0.923. The first-order chi connectivity index (χ1) is 14.0. The molecule has 0 fully saturated rings. The standard InChI is InChI=1S/C24H21F3O2/c1-3-5-17-6-7-18(24(27)23(17)26)15-29-19-10-8-16(9-11-19)21-13-12-20(28-4-2)14-22(21)25/h3,5-14H,4,15H2,1-2H3. The van der Waals surface area contributed by atoms with Gasteiger partial charge in [-0.15, -0.1) is 0 Å². The first-order valence-corrected chi connectivity index (χ1v) is 9.28. The molecule has 29 heavy (non-hydrogen) atoms. The molecule has 0 aliphatic carbocycles.